The van der Waals surface area contributed by atoms with Crippen molar-refractivity contribution in [1.29, 1.82) is 0 Å². The van der Waals surface area contributed by atoms with Crippen molar-refractivity contribution in [2.45, 2.75) is 40.5 Å². The van der Waals surface area contributed by atoms with Crippen LogP contribution in [0, 0.1) is 10.8 Å². The Morgan fingerprint density at radius 1 is 1.30 bits per heavy atom. The second-order valence-corrected chi connectivity index (χ2v) is 4.70. The van der Waals surface area contributed by atoms with Crippen molar-refractivity contribution in [3.8, 4) is 0 Å². The molecule has 0 aliphatic heterocycles. The van der Waals surface area contributed by atoms with Crippen LogP contribution in [0.1, 0.15) is 40.5 Å². The van der Waals surface area contributed by atoms with E-state index in [0.29, 0.717) is 11.2 Å². The molecule has 0 saturated heterocycles. The maximum Gasteiger partial charge on any atom is 0.134 e. The topological polar surface area (TPSA) is 17.1 Å². The average molecular weight is 140 g/mol. The normalized spacial score (nSPS) is 24.2. The SMILES string of the molecule is CC(C)(C)C1(C)CC(=O)C1. The first-order chi connectivity index (χ1) is 4.35. The average Bonchev–Trinajstić information content (AvgIpc) is 1.58. The van der Waals surface area contributed by atoms with E-state index < -0.39 is 0 Å². The third-order valence-electron chi connectivity index (χ3n) is 2.99. The zero-order chi connectivity index (χ0) is 7.99. The largest absolute Gasteiger partial charge is 0.300 e. The predicted molar refractivity (Wildman–Crippen MR) is 41.8 cm³/mol. The van der Waals surface area contributed by atoms with Crippen LogP contribution in [0.2, 0.25) is 0 Å². The van der Waals surface area contributed by atoms with E-state index in [1.165, 1.54) is 0 Å². The van der Waals surface area contributed by atoms with Crippen LogP contribution in [-0.2, 0) is 4.79 Å². The third-order valence-corrected chi connectivity index (χ3v) is 2.99. The van der Waals surface area contributed by atoms with E-state index in [9.17, 15) is 4.79 Å². The molecule has 0 unspecified atom stereocenters. The number of hydrogen-bond donors (Lipinski definition) is 0. The van der Waals surface area contributed by atoms with Gasteiger partial charge in [0.25, 0.3) is 0 Å². The lowest BCUT2D eigenvalue weighted by atomic mass is 9.56. The monoisotopic (exact) mass is 140 g/mol. The van der Waals surface area contributed by atoms with Gasteiger partial charge in [-0.15, -0.1) is 0 Å². The van der Waals surface area contributed by atoms with Crippen molar-refractivity contribution >= 4 is 5.78 Å². The summed E-state index contributed by atoms with van der Waals surface area (Å²) in [5, 5.41) is 0. The summed E-state index contributed by atoms with van der Waals surface area (Å²) in [4.78, 5) is 10.8. The van der Waals surface area contributed by atoms with Crippen LogP contribution in [0.15, 0.2) is 0 Å². The first kappa shape index (κ1) is 7.77. The summed E-state index contributed by atoms with van der Waals surface area (Å²) in [5.74, 6) is 0.428. The smallest absolute Gasteiger partial charge is 0.134 e. The highest BCUT2D eigenvalue weighted by molar-refractivity contribution is 5.86. The Bertz CT molecular complexity index is 154. The molecule has 1 aliphatic carbocycles. The van der Waals surface area contributed by atoms with Gasteiger partial charge < -0.3 is 0 Å². The minimum atomic E-state index is 0.282. The van der Waals surface area contributed by atoms with Gasteiger partial charge in [0.05, 0.1) is 0 Å². The summed E-state index contributed by atoms with van der Waals surface area (Å²) in [6, 6.07) is 0. The number of rotatable bonds is 0. The van der Waals surface area contributed by atoms with E-state index >= 15 is 0 Å². The standard InChI is InChI=1S/C9H16O/c1-8(2,3)9(4)5-7(10)6-9/h5-6H2,1-4H3. The summed E-state index contributed by atoms with van der Waals surface area (Å²) < 4.78 is 0. The molecule has 0 aromatic heterocycles. The second-order valence-electron chi connectivity index (χ2n) is 4.70. The van der Waals surface area contributed by atoms with Gasteiger partial charge in [-0.2, -0.15) is 0 Å². The van der Waals surface area contributed by atoms with Crippen molar-refractivity contribution in [3.05, 3.63) is 0 Å². The Balaban J connectivity index is 2.65. The second kappa shape index (κ2) is 1.84. The molecule has 1 fully saturated rings. The van der Waals surface area contributed by atoms with Crippen molar-refractivity contribution in [2.75, 3.05) is 0 Å². The number of carbonyl (C=O) groups excluding carboxylic acids is 1. The van der Waals surface area contributed by atoms with E-state index in [-0.39, 0.29) is 5.41 Å². The van der Waals surface area contributed by atoms with E-state index in [4.69, 9.17) is 0 Å². The molecule has 0 heterocycles. The van der Waals surface area contributed by atoms with E-state index in [0.717, 1.165) is 12.8 Å². The van der Waals surface area contributed by atoms with Gasteiger partial charge in [0.15, 0.2) is 0 Å². The molecule has 0 aromatic carbocycles. The maximum atomic E-state index is 10.8. The quantitative estimate of drug-likeness (QED) is 0.505. The van der Waals surface area contributed by atoms with Crippen molar-refractivity contribution in [2.24, 2.45) is 10.8 Å². The van der Waals surface area contributed by atoms with Crippen molar-refractivity contribution in [3.63, 3.8) is 0 Å². The van der Waals surface area contributed by atoms with Crippen molar-refractivity contribution in [1.82, 2.24) is 0 Å². The fourth-order valence-electron chi connectivity index (χ4n) is 1.35. The number of hydrogen-bond acceptors (Lipinski definition) is 1. The molecule has 0 aromatic rings. The van der Waals surface area contributed by atoms with Crippen LogP contribution in [0.3, 0.4) is 0 Å². The number of carbonyl (C=O) groups is 1. The van der Waals surface area contributed by atoms with Crippen LogP contribution in [0.5, 0.6) is 0 Å². The Kier molecular flexibility index (Phi) is 1.43. The summed E-state index contributed by atoms with van der Waals surface area (Å²) >= 11 is 0. The Morgan fingerprint density at radius 2 is 1.70 bits per heavy atom. The van der Waals surface area contributed by atoms with Crippen LogP contribution in [0.25, 0.3) is 0 Å². The van der Waals surface area contributed by atoms with E-state index in [1.807, 2.05) is 0 Å². The Labute approximate surface area is 62.8 Å². The summed E-state index contributed by atoms with van der Waals surface area (Å²) in [7, 11) is 0. The highest BCUT2D eigenvalue weighted by Crippen LogP contribution is 2.51. The lowest BCUT2D eigenvalue weighted by molar-refractivity contribution is -0.138. The third kappa shape index (κ3) is 0.979. The molecule has 1 saturated carbocycles. The fourth-order valence-corrected chi connectivity index (χ4v) is 1.35. The van der Waals surface area contributed by atoms with E-state index in [2.05, 4.69) is 27.7 Å². The zero-order valence-electron chi connectivity index (χ0n) is 7.32. The molecule has 1 aliphatic rings. The zero-order valence-corrected chi connectivity index (χ0v) is 7.32. The van der Waals surface area contributed by atoms with Crippen molar-refractivity contribution < 1.29 is 4.79 Å². The van der Waals surface area contributed by atoms with Gasteiger partial charge in [-0.3, -0.25) is 4.79 Å². The first-order valence-electron chi connectivity index (χ1n) is 3.87. The molecule has 1 nitrogen and oxygen atoms in total. The summed E-state index contributed by atoms with van der Waals surface area (Å²) in [6.07, 6.45) is 1.58. The van der Waals surface area contributed by atoms with Gasteiger partial charge in [0, 0.05) is 12.8 Å². The van der Waals surface area contributed by atoms with Crippen LogP contribution < -0.4 is 0 Å². The van der Waals surface area contributed by atoms with Gasteiger partial charge in [-0.05, 0) is 10.8 Å². The molecular formula is C9H16O. The Morgan fingerprint density at radius 3 is 1.80 bits per heavy atom. The molecular weight excluding hydrogens is 124 g/mol. The summed E-state index contributed by atoms with van der Waals surface area (Å²) in [5.41, 5.74) is 0.574. The first-order valence-corrected chi connectivity index (χ1v) is 3.87. The van der Waals surface area contributed by atoms with E-state index in [1.54, 1.807) is 0 Å². The van der Waals surface area contributed by atoms with Gasteiger partial charge in [-0.1, -0.05) is 27.7 Å². The molecule has 0 bridgehead atoms. The highest BCUT2D eigenvalue weighted by atomic mass is 16.1. The molecule has 0 N–H and O–H groups in total. The minimum Gasteiger partial charge on any atom is -0.300 e. The van der Waals surface area contributed by atoms with Gasteiger partial charge in [-0.25, -0.2) is 0 Å². The highest BCUT2D eigenvalue weighted by Gasteiger charge is 2.47. The van der Waals surface area contributed by atoms with Crippen LogP contribution >= 0.6 is 0 Å². The van der Waals surface area contributed by atoms with Crippen LogP contribution in [-0.4, -0.2) is 5.78 Å². The molecule has 0 spiro atoms. The summed E-state index contributed by atoms with van der Waals surface area (Å²) in [6.45, 7) is 8.83. The van der Waals surface area contributed by atoms with Crippen LogP contribution in [0.4, 0.5) is 0 Å². The maximum absolute atomic E-state index is 10.8. The lowest BCUT2D eigenvalue weighted by Gasteiger charge is -2.47. The minimum absolute atomic E-state index is 0.282. The fraction of sp³-hybridized carbons (Fsp3) is 0.889. The lowest BCUT2D eigenvalue weighted by Crippen LogP contribution is -2.44. The van der Waals surface area contributed by atoms with Gasteiger partial charge >= 0.3 is 0 Å². The predicted octanol–water partition coefficient (Wildman–Crippen LogP) is 2.40. The van der Waals surface area contributed by atoms with Gasteiger partial charge in [0.2, 0.25) is 0 Å². The molecule has 0 atom stereocenters. The molecule has 58 valence electrons. The molecule has 10 heavy (non-hydrogen) atoms. The van der Waals surface area contributed by atoms with Gasteiger partial charge in [0.1, 0.15) is 5.78 Å². The molecule has 0 radical (unpaired) electrons. The molecule has 1 heteroatoms. The molecule has 0 amide bonds. The number of Topliss-reactive ketones (excluding diaryl/α,β-unsaturated/α-hetero) is 1. The number of ketones is 1. The Hall–Kier alpha value is -0.330. The molecule has 1 rings (SSSR count).